The zero-order valence-electron chi connectivity index (χ0n) is 25.4. The van der Waals surface area contributed by atoms with Crippen LogP contribution in [0.2, 0.25) is 0 Å². The molecule has 4 aliphatic heterocycles. The van der Waals surface area contributed by atoms with Crippen molar-refractivity contribution >= 4 is 29.7 Å². The number of likely N-dealkylation sites (tertiary alicyclic amines) is 2. The van der Waals surface area contributed by atoms with Gasteiger partial charge in [-0.1, -0.05) is 0 Å². The molecule has 1 N–H and O–H groups in total. The van der Waals surface area contributed by atoms with Crippen molar-refractivity contribution in [3.05, 3.63) is 0 Å². The average molecular weight is 627 g/mol. The number of carbonyl (C=O) groups is 5. The number of hydrogen-bond donors (Lipinski definition) is 1. The highest BCUT2D eigenvalue weighted by Crippen LogP contribution is 2.24. The first kappa shape index (κ1) is 34.1. The third kappa shape index (κ3) is 9.85. The fourth-order valence-electron chi connectivity index (χ4n) is 6.15. The van der Waals surface area contributed by atoms with Crippen LogP contribution in [0, 0.1) is 11.8 Å². The number of ether oxygens (including phenoxy) is 6. The largest absolute Gasteiger partial charge is 0.437 e. The van der Waals surface area contributed by atoms with E-state index in [0.29, 0.717) is 104 Å². The summed E-state index contributed by atoms with van der Waals surface area (Å²) in [6.45, 7) is 2.14. The third-order valence-corrected chi connectivity index (χ3v) is 8.79. The van der Waals surface area contributed by atoms with Crippen LogP contribution in [-0.4, -0.2) is 116 Å². The summed E-state index contributed by atoms with van der Waals surface area (Å²) in [6.07, 6.45) is 5.03. The molecule has 0 saturated carbocycles. The zero-order chi connectivity index (χ0) is 31.3. The lowest BCUT2D eigenvalue weighted by Gasteiger charge is -2.27. The first-order valence-corrected chi connectivity index (χ1v) is 15.9. The number of amides is 2. The number of aliphatic hydroxyl groups is 1. The maximum absolute atomic E-state index is 12.9. The van der Waals surface area contributed by atoms with Crippen molar-refractivity contribution in [3.8, 4) is 0 Å². The van der Waals surface area contributed by atoms with Gasteiger partial charge in [-0.15, -0.1) is 0 Å². The van der Waals surface area contributed by atoms with Gasteiger partial charge >= 0.3 is 17.9 Å². The Morgan fingerprint density at radius 3 is 1.68 bits per heavy atom. The van der Waals surface area contributed by atoms with Crippen LogP contribution < -0.4 is 0 Å². The van der Waals surface area contributed by atoms with E-state index in [-0.39, 0.29) is 43.3 Å². The van der Waals surface area contributed by atoms with Crippen molar-refractivity contribution in [1.82, 2.24) is 9.80 Å². The fraction of sp³-hybridized carbons (Fsp3) is 0.833. The summed E-state index contributed by atoms with van der Waals surface area (Å²) in [6, 6.07) is -1.41. The van der Waals surface area contributed by atoms with Gasteiger partial charge in [0.15, 0.2) is 13.1 Å². The Morgan fingerprint density at radius 2 is 1.14 bits per heavy atom. The van der Waals surface area contributed by atoms with E-state index < -0.39 is 43.1 Å². The Hall–Kier alpha value is -2.81. The van der Waals surface area contributed by atoms with Crippen molar-refractivity contribution < 1.29 is 57.5 Å². The molecule has 4 saturated heterocycles. The van der Waals surface area contributed by atoms with E-state index in [4.69, 9.17) is 28.4 Å². The normalized spacial score (nSPS) is 23.8. The molecule has 4 rings (SSSR count). The summed E-state index contributed by atoms with van der Waals surface area (Å²) >= 11 is 0. The van der Waals surface area contributed by atoms with Gasteiger partial charge in [0.25, 0.3) is 0 Å². The quantitative estimate of drug-likeness (QED) is 0.167. The molecule has 14 nitrogen and oxygen atoms in total. The molecule has 0 aliphatic carbocycles. The third-order valence-electron chi connectivity index (χ3n) is 8.79. The molecule has 2 amide bonds. The molecule has 3 atom stereocenters. The summed E-state index contributed by atoms with van der Waals surface area (Å²) in [5.41, 5.74) is 0. The molecule has 0 spiro atoms. The van der Waals surface area contributed by atoms with Crippen molar-refractivity contribution in [1.29, 1.82) is 0 Å². The number of carbonyl (C=O) groups excluding carboxylic acids is 5. The maximum atomic E-state index is 12.9. The summed E-state index contributed by atoms with van der Waals surface area (Å²) in [4.78, 5) is 66.1. The molecular weight excluding hydrogens is 580 g/mol. The Balaban J connectivity index is 1.10. The maximum Gasteiger partial charge on any atom is 0.331 e. The highest BCUT2D eigenvalue weighted by Gasteiger charge is 2.37. The molecule has 0 aromatic heterocycles. The number of unbranched alkanes of at least 4 members (excludes halogenated alkanes) is 1. The van der Waals surface area contributed by atoms with Gasteiger partial charge in [-0.25, -0.2) is 9.59 Å². The van der Waals surface area contributed by atoms with Crippen LogP contribution in [0.5, 0.6) is 0 Å². The van der Waals surface area contributed by atoms with Gasteiger partial charge in [-0.2, -0.15) is 0 Å². The average Bonchev–Trinajstić information content (AvgIpc) is 3.74. The summed E-state index contributed by atoms with van der Waals surface area (Å²) in [5, 5.41) is 10.2. The SMILES string of the molecule is O=C(OCOC(=O)[C@H]1CCCN1C(=O)CCCCC(=O)N1CCC[C@@H]1C(=O)OCOC(O)C1CCOCC1)C1CCOCC1. The van der Waals surface area contributed by atoms with E-state index in [1.54, 1.807) is 0 Å². The molecule has 4 aliphatic rings. The lowest BCUT2D eigenvalue weighted by molar-refractivity contribution is -0.207. The molecule has 0 bridgehead atoms. The molecule has 248 valence electrons. The van der Waals surface area contributed by atoms with Gasteiger partial charge in [0.1, 0.15) is 12.1 Å². The summed E-state index contributed by atoms with van der Waals surface area (Å²) < 4.78 is 31.3. The van der Waals surface area contributed by atoms with Crippen LogP contribution in [-0.2, 0) is 52.4 Å². The lowest BCUT2D eigenvalue weighted by Crippen LogP contribution is -2.42. The second kappa shape index (κ2) is 17.6. The Kier molecular flexibility index (Phi) is 13.6. The zero-order valence-corrected chi connectivity index (χ0v) is 25.4. The Bertz CT molecular complexity index is 981. The van der Waals surface area contributed by atoms with Gasteiger partial charge in [0.2, 0.25) is 18.6 Å². The highest BCUT2D eigenvalue weighted by molar-refractivity contribution is 5.86. The van der Waals surface area contributed by atoms with Gasteiger partial charge in [0, 0.05) is 58.3 Å². The Morgan fingerprint density at radius 1 is 0.659 bits per heavy atom. The van der Waals surface area contributed by atoms with Crippen LogP contribution in [0.3, 0.4) is 0 Å². The smallest absolute Gasteiger partial charge is 0.331 e. The standard InChI is InChI=1S/C30H46N2O12/c33-25(31-13-3-5-23(31)29(37)43-19-41-27(35)21-9-15-39-16-10-21)7-1-2-8-26(34)32-14-4-6-24(32)30(38)44-20-42-28(36)22-11-17-40-18-12-22/h21-24,27,35H,1-20H2/t23-,24-,27?/m1/s1. The molecule has 1 unspecified atom stereocenters. The lowest BCUT2D eigenvalue weighted by atomic mass is 10.00. The van der Waals surface area contributed by atoms with Gasteiger partial charge in [0.05, 0.1) is 5.92 Å². The van der Waals surface area contributed by atoms with E-state index in [1.165, 1.54) is 9.80 Å². The first-order chi connectivity index (χ1) is 21.3. The first-order valence-electron chi connectivity index (χ1n) is 15.9. The molecule has 14 heteroatoms. The molecule has 0 radical (unpaired) electrons. The van der Waals surface area contributed by atoms with E-state index in [9.17, 15) is 29.1 Å². The van der Waals surface area contributed by atoms with Crippen molar-refractivity contribution in [2.75, 3.05) is 53.1 Å². The van der Waals surface area contributed by atoms with Gasteiger partial charge in [-0.05, 0) is 64.2 Å². The highest BCUT2D eigenvalue weighted by atomic mass is 16.7. The second-order valence-electron chi connectivity index (χ2n) is 11.7. The topological polar surface area (TPSA) is 167 Å². The predicted molar refractivity (Wildman–Crippen MR) is 150 cm³/mol. The Labute approximate surface area is 257 Å². The number of esters is 3. The number of nitrogens with zero attached hydrogens (tertiary/aromatic N) is 2. The minimum absolute atomic E-state index is 0.0668. The number of hydrogen-bond acceptors (Lipinski definition) is 12. The minimum Gasteiger partial charge on any atom is -0.437 e. The number of aliphatic hydroxyl groups excluding tert-OH is 1. The molecule has 4 heterocycles. The van der Waals surface area contributed by atoms with Crippen molar-refractivity contribution in [3.63, 3.8) is 0 Å². The van der Waals surface area contributed by atoms with E-state index in [2.05, 4.69) is 0 Å². The monoisotopic (exact) mass is 626 g/mol. The van der Waals surface area contributed by atoms with Crippen LogP contribution in [0.25, 0.3) is 0 Å². The number of rotatable bonds is 14. The van der Waals surface area contributed by atoms with Crippen LogP contribution >= 0.6 is 0 Å². The van der Waals surface area contributed by atoms with Crippen molar-refractivity contribution in [2.45, 2.75) is 95.4 Å². The molecule has 44 heavy (non-hydrogen) atoms. The van der Waals surface area contributed by atoms with Gasteiger partial charge < -0.3 is 43.3 Å². The van der Waals surface area contributed by atoms with Gasteiger partial charge in [-0.3, -0.25) is 14.4 Å². The van der Waals surface area contributed by atoms with E-state index >= 15 is 0 Å². The van der Waals surface area contributed by atoms with Crippen LogP contribution in [0.4, 0.5) is 0 Å². The van der Waals surface area contributed by atoms with Crippen molar-refractivity contribution in [2.24, 2.45) is 11.8 Å². The fourth-order valence-corrected chi connectivity index (χ4v) is 6.15. The molecule has 0 aromatic carbocycles. The van der Waals surface area contributed by atoms with Crippen LogP contribution in [0.15, 0.2) is 0 Å². The molecular formula is C30H46N2O12. The van der Waals surface area contributed by atoms with Crippen LogP contribution in [0.1, 0.15) is 77.0 Å². The summed E-state index contributed by atoms with van der Waals surface area (Å²) in [7, 11) is 0. The summed E-state index contributed by atoms with van der Waals surface area (Å²) in [5.74, 6) is -2.27. The van der Waals surface area contributed by atoms with E-state index in [0.717, 1.165) is 0 Å². The molecule has 0 aromatic rings. The predicted octanol–water partition coefficient (Wildman–Crippen LogP) is 1.26. The minimum atomic E-state index is -1.04. The molecule has 4 fully saturated rings. The second-order valence-corrected chi connectivity index (χ2v) is 11.7. The van der Waals surface area contributed by atoms with E-state index in [1.807, 2.05) is 0 Å².